The summed E-state index contributed by atoms with van der Waals surface area (Å²) >= 11 is 0. The van der Waals surface area contributed by atoms with Crippen LogP contribution in [0.2, 0.25) is 0 Å². The van der Waals surface area contributed by atoms with E-state index < -0.39 is 5.60 Å². The van der Waals surface area contributed by atoms with Crippen LogP contribution in [0.25, 0.3) is 10.8 Å². The van der Waals surface area contributed by atoms with E-state index in [1.807, 2.05) is 57.2 Å². The monoisotopic (exact) mass is 343 g/mol. The molecule has 0 aromatic heterocycles. The molecule has 0 spiro atoms. The van der Waals surface area contributed by atoms with Crippen molar-refractivity contribution >= 4 is 22.4 Å². The van der Waals surface area contributed by atoms with Crippen LogP contribution in [0.5, 0.6) is 5.75 Å². The number of ether oxygens (including phenoxy) is 2. The Hall–Kier alpha value is -2.07. The fourth-order valence-electron chi connectivity index (χ4n) is 2.73. The third-order valence-electron chi connectivity index (χ3n) is 4.51. The molecule has 1 amide bonds. The molecule has 136 valence electrons. The maximum Gasteiger partial charge on any atom is 0.256 e. The van der Waals surface area contributed by atoms with Crippen molar-refractivity contribution in [1.82, 2.24) is 0 Å². The van der Waals surface area contributed by atoms with E-state index >= 15 is 0 Å². The van der Waals surface area contributed by atoms with E-state index in [2.05, 4.69) is 12.2 Å². The van der Waals surface area contributed by atoms with Crippen LogP contribution in [-0.2, 0) is 9.53 Å². The Balaban J connectivity index is 2.30. The van der Waals surface area contributed by atoms with Gasteiger partial charge in [-0.1, -0.05) is 44.5 Å². The van der Waals surface area contributed by atoms with Gasteiger partial charge in [-0.15, -0.1) is 0 Å². The maximum atomic E-state index is 12.7. The van der Waals surface area contributed by atoms with Gasteiger partial charge in [0.1, 0.15) is 11.4 Å². The van der Waals surface area contributed by atoms with E-state index in [0.717, 1.165) is 35.1 Å². The summed E-state index contributed by atoms with van der Waals surface area (Å²) in [4.78, 5) is 12.7. The highest BCUT2D eigenvalue weighted by molar-refractivity contribution is 6.06. The molecule has 0 saturated heterocycles. The van der Waals surface area contributed by atoms with Crippen LogP contribution in [0.3, 0.4) is 0 Å². The van der Waals surface area contributed by atoms with E-state index in [1.54, 1.807) is 0 Å². The lowest BCUT2D eigenvalue weighted by atomic mass is 10.0. The standard InChI is InChI=1S/C21H29NO3/c1-5-8-15-24-19-14-13-18(16-11-9-10-12-17(16)19)22-20(23)21(4,6-2)25-7-3/h9-14H,5-8,15H2,1-4H3,(H,22,23)/t21-/m1/s1. The average Bonchev–Trinajstić information content (AvgIpc) is 2.63. The number of rotatable bonds is 9. The molecule has 0 heterocycles. The topological polar surface area (TPSA) is 47.6 Å². The van der Waals surface area contributed by atoms with Gasteiger partial charge in [0, 0.05) is 23.1 Å². The molecular weight excluding hydrogens is 314 g/mol. The van der Waals surface area contributed by atoms with Crippen LogP contribution in [0.4, 0.5) is 5.69 Å². The second-order valence-corrected chi connectivity index (χ2v) is 6.33. The van der Waals surface area contributed by atoms with Crippen LogP contribution in [0.15, 0.2) is 36.4 Å². The molecule has 2 rings (SSSR count). The molecule has 4 nitrogen and oxygen atoms in total. The van der Waals surface area contributed by atoms with Gasteiger partial charge in [-0.3, -0.25) is 4.79 Å². The zero-order valence-corrected chi connectivity index (χ0v) is 15.7. The predicted octanol–water partition coefficient (Wildman–Crippen LogP) is 5.16. The number of nitrogens with one attached hydrogen (secondary N) is 1. The van der Waals surface area contributed by atoms with Crippen molar-refractivity contribution in [2.45, 2.75) is 52.6 Å². The highest BCUT2D eigenvalue weighted by Gasteiger charge is 2.32. The second-order valence-electron chi connectivity index (χ2n) is 6.33. The minimum absolute atomic E-state index is 0.123. The third-order valence-corrected chi connectivity index (χ3v) is 4.51. The Kier molecular flexibility index (Phi) is 6.82. The quantitative estimate of drug-likeness (QED) is 0.640. The van der Waals surface area contributed by atoms with E-state index in [4.69, 9.17) is 9.47 Å². The first-order valence-corrected chi connectivity index (χ1v) is 9.15. The molecule has 2 aromatic carbocycles. The molecule has 0 aliphatic heterocycles. The van der Waals surface area contributed by atoms with Crippen LogP contribution in [0, 0.1) is 0 Å². The molecule has 1 N–H and O–H groups in total. The lowest BCUT2D eigenvalue weighted by Gasteiger charge is -2.27. The molecule has 0 aliphatic rings. The van der Waals surface area contributed by atoms with E-state index in [-0.39, 0.29) is 5.91 Å². The van der Waals surface area contributed by atoms with Gasteiger partial charge >= 0.3 is 0 Å². The Labute approximate surface area is 150 Å². The predicted molar refractivity (Wildman–Crippen MR) is 103 cm³/mol. The first-order valence-electron chi connectivity index (χ1n) is 9.15. The molecule has 25 heavy (non-hydrogen) atoms. The van der Waals surface area contributed by atoms with Gasteiger partial charge in [0.25, 0.3) is 5.91 Å². The minimum atomic E-state index is -0.827. The molecule has 0 unspecified atom stereocenters. The second kappa shape index (κ2) is 8.86. The number of benzene rings is 2. The number of hydrogen-bond acceptors (Lipinski definition) is 3. The SMILES string of the molecule is CCCCOc1ccc(NC(=O)[C@@](C)(CC)OCC)c2ccccc12. The summed E-state index contributed by atoms with van der Waals surface area (Å²) in [7, 11) is 0. The normalized spacial score (nSPS) is 13.4. The number of amides is 1. The van der Waals surface area contributed by atoms with Crippen molar-refractivity contribution in [2.75, 3.05) is 18.5 Å². The molecule has 0 radical (unpaired) electrons. The van der Waals surface area contributed by atoms with Crippen molar-refractivity contribution < 1.29 is 14.3 Å². The summed E-state index contributed by atoms with van der Waals surface area (Å²) in [5.41, 5.74) is -0.0468. The summed E-state index contributed by atoms with van der Waals surface area (Å²) in [5, 5.41) is 5.01. The Morgan fingerprint density at radius 1 is 1.08 bits per heavy atom. The molecular formula is C21H29NO3. The molecule has 0 saturated carbocycles. The first-order chi connectivity index (χ1) is 12.1. The van der Waals surface area contributed by atoms with Crippen molar-refractivity contribution in [3.63, 3.8) is 0 Å². The van der Waals surface area contributed by atoms with E-state index in [0.29, 0.717) is 19.6 Å². The molecule has 0 bridgehead atoms. The number of unbranched alkanes of at least 4 members (excludes halogenated alkanes) is 1. The Morgan fingerprint density at radius 3 is 2.44 bits per heavy atom. The smallest absolute Gasteiger partial charge is 0.256 e. The minimum Gasteiger partial charge on any atom is -0.493 e. The molecule has 0 fully saturated rings. The summed E-state index contributed by atoms with van der Waals surface area (Å²) in [6.07, 6.45) is 2.73. The van der Waals surface area contributed by atoms with Crippen LogP contribution >= 0.6 is 0 Å². The number of hydrogen-bond donors (Lipinski definition) is 1. The first kappa shape index (κ1) is 19.3. The number of anilines is 1. The summed E-state index contributed by atoms with van der Waals surface area (Å²) in [6, 6.07) is 11.8. The van der Waals surface area contributed by atoms with Crippen molar-refractivity contribution in [2.24, 2.45) is 0 Å². The van der Waals surface area contributed by atoms with Gasteiger partial charge in [-0.2, -0.15) is 0 Å². The number of carbonyl (C=O) groups is 1. The lowest BCUT2D eigenvalue weighted by molar-refractivity contribution is -0.139. The zero-order valence-electron chi connectivity index (χ0n) is 15.7. The van der Waals surface area contributed by atoms with Crippen molar-refractivity contribution in [1.29, 1.82) is 0 Å². The number of fused-ring (bicyclic) bond motifs is 1. The average molecular weight is 343 g/mol. The molecule has 4 heteroatoms. The van der Waals surface area contributed by atoms with Gasteiger partial charge in [0.15, 0.2) is 0 Å². The Bertz CT molecular complexity index is 713. The van der Waals surface area contributed by atoms with E-state index in [9.17, 15) is 4.79 Å². The van der Waals surface area contributed by atoms with Crippen molar-refractivity contribution in [3.8, 4) is 5.75 Å². The largest absolute Gasteiger partial charge is 0.493 e. The Morgan fingerprint density at radius 2 is 1.80 bits per heavy atom. The third kappa shape index (κ3) is 4.51. The van der Waals surface area contributed by atoms with Crippen LogP contribution in [0.1, 0.15) is 47.0 Å². The lowest BCUT2D eigenvalue weighted by Crippen LogP contribution is -2.42. The maximum absolute atomic E-state index is 12.7. The van der Waals surface area contributed by atoms with Gasteiger partial charge in [0.2, 0.25) is 0 Å². The number of carbonyl (C=O) groups excluding carboxylic acids is 1. The van der Waals surface area contributed by atoms with Crippen LogP contribution < -0.4 is 10.1 Å². The van der Waals surface area contributed by atoms with Crippen LogP contribution in [-0.4, -0.2) is 24.7 Å². The summed E-state index contributed by atoms with van der Waals surface area (Å²) in [6.45, 7) is 9.03. The molecule has 0 aliphatic carbocycles. The summed E-state index contributed by atoms with van der Waals surface area (Å²) < 4.78 is 11.6. The van der Waals surface area contributed by atoms with Crippen molar-refractivity contribution in [3.05, 3.63) is 36.4 Å². The van der Waals surface area contributed by atoms with Gasteiger partial charge in [0.05, 0.1) is 6.61 Å². The molecule has 1 atom stereocenters. The molecule has 2 aromatic rings. The van der Waals surface area contributed by atoms with Gasteiger partial charge in [-0.25, -0.2) is 0 Å². The fraction of sp³-hybridized carbons (Fsp3) is 0.476. The highest BCUT2D eigenvalue weighted by atomic mass is 16.5. The van der Waals surface area contributed by atoms with Gasteiger partial charge in [-0.05, 0) is 38.8 Å². The zero-order chi connectivity index (χ0) is 18.3. The van der Waals surface area contributed by atoms with Gasteiger partial charge < -0.3 is 14.8 Å². The fourth-order valence-corrected chi connectivity index (χ4v) is 2.73. The highest BCUT2D eigenvalue weighted by Crippen LogP contribution is 2.32. The summed E-state index contributed by atoms with van der Waals surface area (Å²) in [5.74, 6) is 0.728. The van der Waals surface area contributed by atoms with E-state index in [1.165, 1.54) is 0 Å².